The highest BCUT2D eigenvalue weighted by atomic mass is 79.9. The number of hydrogen-bond donors (Lipinski definition) is 2. The highest BCUT2D eigenvalue weighted by molar-refractivity contribution is 9.11. The Kier molecular flexibility index (Phi) is 4.18. The van der Waals surface area contributed by atoms with Crippen molar-refractivity contribution in [2.24, 2.45) is 0 Å². The van der Waals surface area contributed by atoms with Gasteiger partial charge in [0.05, 0.1) is 14.0 Å². The second-order valence-corrected chi connectivity index (χ2v) is 7.57. The van der Waals surface area contributed by atoms with Crippen LogP contribution in [0.4, 0.5) is 10.6 Å². The molecule has 3 rings (SSSR count). The molecule has 0 unspecified atom stereocenters. The highest BCUT2D eigenvalue weighted by Gasteiger charge is 2.24. The molecule has 0 aromatic carbocycles. The number of amides is 1. The predicted molar refractivity (Wildman–Crippen MR) is 88.3 cm³/mol. The second-order valence-electron chi connectivity index (χ2n) is 5.14. The summed E-state index contributed by atoms with van der Waals surface area (Å²) in [4.78, 5) is 16.9. The number of thiophene rings is 1. The molecule has 3 heterocycles. The summed E-state index contributed by atoms with van der Waals surface area (Å²) >= 11 is 4.94. The first-order valence-electron chi connectivity index (χ1n) is 6.81. The van der Waals surface area contributed by atoms with E-state index < -0.39 is 6.09 Å². The maximum atomic E-state index is 11.1. The monoisotopic (exact) mass is 380 g/mol. The summed E-state index contributed by atoms with van der Waals surface area (Å²) in [5, 5.41) is 22.5. The van der Waals surface area contributed by atoms with Crippen LogP contribution in [0.25, 0.3) is 10.1 Å². The number of anilines is 1. The Labute approximate surface area is 139 Å². The Morgan fingerprint density at radius 1 is 1.64 bits per heavy atom. The van der Waals surface area contributed by atoms with E-state index >= 15 is 0 Å². The Morgan fingerprint density at radius 3 is 3.18 bits per heavy atom. The van der Waals surface area contributed by atoms with Crippen LogP contribution in [0.3, 0.4) is 0 Å². The third-order valence-electron chi connectivity index (χ3n) is 3.68. The maximum Gasteiger partial charge on any atom is 0.407 e. The Morgan fingerprint density at radius 2 is 2.45 bits per heavy atom. The van der Waals surface area contributed by atoms with Gasteiger partial charge < -0.3 is 15.3 Å². The number of halogens is 1. The molecule has 114 valence electrons. The van der Waals surface area contributed by atoms with Gasteiger partial charge in [-0.2, -0.15) is 5.26 Å². The molecular weight excluding hydrogens is 368 g/mol. The van der Waals surface area contributed by atoms with E-state index in [4.69, 9.17) is 10.4 Å². The largest absolute Gasteiger partial charge is 0.465 e. The number of nitriles is 1. The maximum absolute atomic E-state index is 11.1. The van der Waals surface area contributed by atoms with Crippen molar-refractivity contribution >= 4 is 49.3 Å². The van der Waals surface area contributed by atoms with E-state index in [9.17, 15) is 4.79 Å². The molecule has 2 N–H and O–H groups in total. The van der Waals surface area contributed by atoms with Gasteiger partial charge in [0, 0.05) is 30.7 Å². The zero-order chi connectivity index (χ0) is 15.7. The average molecular weight is 381 g/mol. The van der Waals surface area contributed by atoms with Crippen LogP contribution in [0.15, 0.2) is 16.0 Å². The molecule has 22 heavy (non-hydrogen) atoms. The van der Waals surface area contributed by atoms with E-state index in [2.05, 4.69) is 32.3 Å². The molecule has 0 radical (unpaired) electrons. The SMILES string of the molecule is N#Cc1cnc(N[C@H]2CCCN(C(=O)O)C2)c2cc(Br)sc12. The van der Waals surface area contributed by atoms with E-state index in [0.717, 1.165) is 26.7 Å². The Bertz CT molecular complexity index is 770. The predicted octanol–water partition coefficient (Wildman–Crippen LogP) is 3.48. The second kappa shape index (κ2) is 6.10. The van der Waals surface area contributed by atoms with Crippen LogP contribution in [0, 0.1) is 11.3 Å². The van der Waals surface area contributed by atoms with Crippen molar-refractivity contribution in [3.63, 3.8) is 0 Å². The van der Waals surface area contributed by atoms with Crippen molar-refractivity contribution in [2.75, 3.05) is 18.4 Å². The normalized spacial score (nSPS) is 18.2. The minimum Gasteiger partial charge on any atom is -0.465 e. The molecule has 1 aliphatic heterocycles. The van der Waals surface area contributed by atoms with Gasteiger partial charge in [0.1, 0.15) is 11.9 Å². The fraction of sp³-hybridized carbons (Fsp3) is 0.357. The summed E-state index contributed by atoms with van der Waals surface area (Å²) in [6.07, 6.45) is 2.41. The van der Waals surface area contributed by atoms with Crippen molar-refractivity contribution in [1.82, 2.24) is 9.88 Å². The third-order valence-corrected chi connectivity index (χ3v) is 5.35. The Balaban J connectivity index is 1.88. The quantitative estimate of drug-likeness (QED) is 0.831. The van der Waals surface area contributed by atoms with Gasteiger partial charge in [-0.15, -0.1) is 11.3 Å². The molecule has 0 saturated carbocycles. The number of likely N-dealkylation sites (tertiary alicyclic amines) is 1. The first-order chi connectivity index (χ1) is 10.6. The number of hydrogen-bond acceptors (Lipinski definition) is 5. The van der Waals surface area contributed by atoms with E-state index in [0.29, 0.717) is 24.5 Å². The summed E-state index contributed by atoms with van der Waals surface area (Å²) in [6, 6.07) is 4.12. The van der Waals surface area contributed by atoms with Crippen LogP contribution >= 0.6 is 27.3 Å². The number of aromatic nitrogens is 1. The molecule has 1 aliphatic rings. The van der Waals surface area contributed by atoms with Crippen molar-refractivity contribution in [3.8, 4) is 6.07 Å². The first kappa shape index (κ1) is 15.1. The summed E-state index contributed by atoms with van der Waals surface area (Å²) in [5.74, 6) is 0.702. The van der Waals surface area contributed by atoms with E-state index in [1.807, 2.05) is 6.07 Å². The third kappa shape index (κ3) is 2.87. The van der Waals surface area contributed by atoms with Gasteiger partial charge in [0.2, 0.25) is 0 Å². The molecule has 1 saturated heterocycles. The molecular formula is C14H13BrN4O2S. The van der Waals surface area contributed by atoms with Crippen molar-refractivity contribution < 1.29 is 9.90 Å². The standard InChI is InChI=1S/C14H13BrN4O2S/c15-11-4-10-12(22-11)8(5-16)6-17-13(10)18-9-2-1-3-19(7-9)14(20)21/h4,6,9H,1-3,7H2,(H,17,18)(H,20,21)/t9-/m0/s1. The highest BCUT2D eigenvalue weighted by Crippen LogP contribution is 2.35. The van der Waals surface area contributed by atoms with Crippen molar-refractivity contribution in [2.45, 2.75) is 18.9 Å². The van der Waals surface area contributed by atoms with Gasteiger partial charge in [0.15, 0.2) is 0 Å². The minimum atomic E-state index is -0.886. The minimum absolute atomic E-state index is 0.0344. The van der Waals surface area contributed by atoms with Crippen molar-refractivity contribution in [1.29, 1.82) is 5.26 Å². The molecule has 1 atom stereocenters. The lowest BCUT2D eigenvalue weighted by atomic mass is 10.1. The Hall–Kier alpha value is -1.85. The molecule has 0 bridgehead atoms. The summed E-state index contributed by atoms with van der Waals surface area (Å²) < 4.78 is 1.82. The molecule has 2 aromatic heterocycles. The molecule has 1 fully saturated rings. The number of piperidine rings is 1. The van der Waals surface area contributed by atoms with Crippen molar-refractivity contribution in [3.05, 3.63) is 21.6 Å². The number of nitrogens with one attached hydrogen (secondary N) is 1. The van der Waals surface area contributed by atoms with Crippen LogP contribution < -0.4 is 5.32 Å². The number of fused-ring (bicyclic) bond motifs is 1. The van der Waals surface area contributed by atoms with E-state index in [1.165, 1.54) is 16.2 Å². The van der Waals surface area contributed by atoms with Gasteiger partial charge >= 0.3 is 6.09 Å². The fourth-order valence-corrected chi connectivity index (χ4v) is 4.21. The molecule has 0 spiro atoms. The lowest BCUT2D eigenvalue weighted by Gasteiger charge is -2.31. The van der Waals surface area contributed by atoms with E-state index in [1.54, 1.807) is 6.20 Å². The van der Waals surface area contributed by atoms with Crippen LogP contribution in [0.5, 0.6) is 0 Å². The zero-order valence-electron chi connectivity index (χ0n) is 11.5. The number of rotatable bonds is 2. The fourth-order valence-electron chi connectivity index (χ4n) is 2.65. The van der Waals surface area contributed by atoms with Crippen LogP contribution in [-0.4, -0.2) is 40.2 Å². The van der Waals surface area contributed by atoms with Crippen LogP contribution in [0.2, 0.25) is 0 Å². The molecule has 0 aliphatic carbocycles. The summed E-state index contributed by atoms with van der Waals surface area (Å²) in [6.45, 7) is 1.03. The number of nitrogens with zero attached hydrogens (tertiary/aromatic N) is 3. The molecule has 1 amide bonds. The lowest BCUT2D eigenvalue weighted by Crippen LogP contribution is -2.44. The molecule has 6 nitrogen and oxygen atoms in total. The summed E-state index contributed by atoms with van der Waals surface area (Å²) in [7, 11) is 0. The number of carboxylic acid groups (broad SMARTS) is 1. The number of carbonyl (C=O) groups is 1. The lowest BCUT2D eigenvalue weighted by molar-refractivity contribution is 0.133. The summed E-state index contributed by atoms with van der Waals surface area (Å²) in [5.41, 5.74) is 0.548. The van der Waals surface area contributed by atoms with Crippen LogP contribution in [-0.2, 0) is 0 Å². The molecule has 8 heteroatoms. The van der Waals surface area contributed by atoms with Gasteiger partial charge in [0.25, 0.3) is 0 Å². The average Bonchev–Trinajstić information content (AvgIpc) is 2.90. The first-order valence-corrected chi connectivity index (χ1v) is 8.42. The number of pyridine rings is 1. The van der Waals surface area contributed by atoms with E-state index in [-0.39, 0.29) is 6.04 Å². The topological polar surface area (TPSA) is 89.3 Å². The smallest absolute Gasteiger partial charge is 0.407 e. The molecule has 2 aromatic rings. The van der Waals surface area contributed by atoms with Gasteiger partial charge in [-0.1, -0.05) is 0 Å². The van der Waals surface area contributed by atoms with Gasteiger partial charge in [-0.25, -0.2) is 9.78 Å². The zero-order valence-corrected chi connectivity index (χ0v) is 13.9. The van der Waals surface area contributed by atoms with Crippen LogP contribution in [0.1, 0.15) is 18.4 Å². The van der Waals surface area contributed by atoms with Gasteiger partial charge in [-0.3, -0.25) is 0 Å². The van der Waals surface area contributed by atoms with Gasteiger partial charge in [-0.05, 0) is 34.8 Å².